The summed E-state index contributed by atoms with van der Waals surface area (Å²) in [5.41, 5.74) is 2.04. The molecule has 2 aromatic carbocycles. The molecule has 0 atom stereocenters. The highest BCUT2D eigenvalue weighted by atomic mass is 35.5. The van der Waals surface area contributed by atoms with Gasteiger partial charge in [0.1, 0.15) is 10.6 Å². The van der Waals surface area contributed by atoms with E-state index >= 15 is 0 Å². The van der Waals surface area contributed by atoms with Crippen LogP contribution in [0.1, 0.15) is 0 Å². The van der Waals surface area contributed by atoms with Crippen molar-refractivity contribution < 1.29 is 0 Å². The van der Waals surface area contributed by atoms with Crippen LogP contribution in [0.4, 0.5) is 11.5 Å². The van der Waals surface area contributed by atoms with Crippen molar-refractivity contribution in [3.05, 3.63) is 71.0 Å². The smallest absolute Gasteiger partial charge is 0.225 e. The van der Waals surface area contributed by atoms with Crippen molar-refractivity contribution in [2.45, 2.75) is 0 Å². The minimum Gasteiger partial charge on any atom is -0.340 e. The predicted octanol–water partition coefficient (Wildman–Crippen LogP) is 6.41. The fourth-order valence-corrected chi connectivity index (χ4v) is 3.79. The van der Waals surface area contributed by atoms with Crippen LogP contribution in [0.15, 0.2) is 60.7 Å². The Balaban J connectivity index is 1.80. The van der Waals surface area contributed by atoms with E-state index in [1.54, 1.807) is 11.3 Å². The van der Waals surface area contributed by atoms with E-state index in [0.29, 0.717) is 10.8 Å². The highest BCUT2D eigenvalue weighted by Gasteiger charge is 2.12. The van der Waals surface area contributed by atoms with Crippen LogP contribution >= 0.6 is 34.5 Å². The Labute approximate surface area is 152 Å². The molecule has 4 rings (SSSR count). The predicted molar refractivity (Wildman–Crippen MR) is 103 cm³/mol. The highest BCUT2D eigenvalue weighted by Crippen LogP contribution is 2.36. The van der Waals surface area contributed by atoms with Crippen LogP contribution in [0.25, 0.3) is 20.7 Å². The van der Waals surface area contributed by atoms with Crippen LogP contribution in [-0.2, 0) is 0 Å². The molecule has 3 nitrogen and oxygen atoms in total. The summed E-state index contributed by atoms with van der Waals surface area (Å²) in [6.45, 7) is 0. The number of nitrogens with one attached hydrogen (secondary N) is 1. The topological polar surface area (TPSA) is 37.8 Å². The zero-order valence-corrected chi connectivity index (χ0v) is 14.7. The molecule has 2 aromatic heterocycles. The second-order valence-corrected chi connectivity index (χ2v) is 6.97. The van der Waals surface area contributed by atoms with Crippen molar-refractivity contribution in [1.82, 2.24) is 9.97 Å². The van der Waals surface area contributed by atoms with E-state index < -0.39 is 0 Å². The van der Waals surface area contributed by atoms with Crippen LogP contribution in [0.5, 0.6) is 0 Å². The number of aromatic nitrogens is 2. The maximum Gasteiger partial charge on any atom is 0.225 e. The Morgan fingerprint density at radius 3 is 2.38 bits per heavy atom. The first-order valence-electron chi connectivity index (χ1n) is 7.24. The minimum absolute atomic E-state index is 0.223. The van der Waals surface area contributed by atoms with Gasteiger partial charge in [0.25, 0.3) is 0 Å². The molecule has 0 saturated heterocycles. The van der Waals surface area contributed by atoms with Gasteiger partial charge in [-0.25, -0.2) is 4.98 Å². The Hall–Kier alpha value is -2.14. The molecule has 0 aliphatic rings. The summed E-state index contributed by atoms with van der Waals surface area (Å²) in [6, 6.07) is 19.7. The van der Waals surface area contributed by atoms with Gasteiger partial charge in [-0.1, -0.05) is 41.9 Å². The van der Waals surface area contributed by atoms with E-state index in [-0.39, 0.29) is 5.28 Å². The van der Waals surface area contributed by atoms with E-state index in [1.165, 1.54) is 0 Å². The lowest BCUT2D eigenvalue weighted by molar-refractivity contribution is 1.23. The fraction of sp³-hybridized carbons (Fsp3) is 0. The van der Waals surface area contributed by atoms with Gasteiger partial charge in [-0.05, 0) is 47.5 Å². The first-order valence-corrected chi connectivity index (χ1v) is 8.81. The summed E-state index contributed by atoms with van der Waals surface area (Å²) in [4.78, 5) is 10.7. The minimum atomic E-state index is 0.223. The van der Waals surface area contributed by atoms with Crippen LogP contribution in [-0.4, -0.2) is 9.97 Å². The van der Waals surface area contributed by atoms with Gasteiger partial charge < -0.3 is 5.32 Å². The van der Waals surface area contributed by atoms with Gasteiger partial charge in [0.2, 0.25) is 5.28 Å². The Morgan fingerprint density at radius 1 is 0.875 bits per heavy atom. The van der Waals surface area contributed by atoms with E-state index in [9.17, 15) is 0 Å². The Bertz CT molecular complexity index is 998. The first-order chi connectivity index (χ1) is 11.7. The van der Waals surface area contributed by atoms with Crippen molar-refractivity contribution in [3.8, 4) is 10.4 Å². The van der Waals surface area contributed by atoms with Crippen LogP contribution in [0.3, 0.4) is 0 Å². The number of thiophene rings is 1. The number of rotatable bonds is 3. The van der Waals surface area contributed by atoms with Crippen molar-refractivity contribution in [2.24, 2.45) is 0 Å². The average Bonchev–Trinajstić information content (AvgIpc) is 3.02. The Morgan fingerprint density at radius 2 is 1.62 bits per heavy atom. The van der Waals surface area contributed by atoms with Crippen LogP contribution in [0, 0.1) is 0 Å². The number of halogens is 2. The Kier molecular flexibility index (Phi) is 4.10. The van der Waals surface area contributed by atoms with Crippen molar-refractivity contribution in [3.63, 3.8) is 0 Å². The molecule has 0 amide bonds. The summed E-state index contributed by atoms with van der Waals surface area (Å²) in [6.07, 6.45) is 0. The third kappa shape index (κ3) is 3.08. The number of benzene rings is 2. The monoisotopic (exact) mass is 371 g/mol. The lowest BCUT2D eigenvalue weighted by Gasteiger charge is -2.07. The van der Waals surface area contributed by atoms with Crippen LogP contribution < -0.4 is 5.32 Å². The maximum absolute atomic E-state index is 6.09. The van der Waals surface area contributed by atoms with Crippen molar-refractivity contribution in [1.29, 1.82) is 0 Å². The molecular formula is C18H11Cl2N3S. The first kappa shape index (κ1) is 15.4. The molecule has 4 aromatic rings. The number of anilines is 2. The van der Waals surface area contributed by atoms with Gasteiger partial charge in [0, 0.05) is 15.6 Å². The third-order valence-corrected chi connectivity index (χ3v) is 5.03. The van der Waals surface area contributed by atoms with E-state index in [0.717, 1.165) is 26.3 Å². The quantitative estimate of drug-likeness (QED) is 0.422. The molecule has 0 aliphatic carbocycles. The summed E-state index contributed by atoms with van der Waals surface area (Å²) < 4.78 is 0. The largest absolute Gasteiger partial charge is 0.340 e. The summed E-state index contributed by atoms with van der Waals surface area (Å²) in [5.74, 6) is 0.686. The number of nitrogens with zero attached hydrogens (tertiary/aromatic N) is 2. The van der Waals surface area contributed by atoms with Crippen LogP contribution in [0.2, 0.25) is 10.3 Å². The molecule has 0 spiro atoms. The van der Waals surface area contributed by atoms with E-state index in [1.807, 2.05) is 42.5 Å². The molecule has 0 aliphatic heterocycles. The number of hydrogen-bond acceptors (Lipinski definition) is 4. The molecule has 1 N–H and O–H groups in total. The maximum atomic E-state index is 6.09. The molecule has 0 saturated carbocycles. The highest BCUT2D eigenvalue weighted by molar-refractivity contribution is 7.22. The molecule has 24 heavy (non-hydrogen) atoms. The zero-order chi connectivity index (χ0) is 16.5. The van der Waals surface area contributed by atoms with Gasteiger partial charge in [0.15, 0.2) is 0 Å². The third-order valence-electron chi connectivity index (χ3n) is 3.53. The molecule has 6 heteroatoms. The summed E-state index contributed by atoms with van der Waals surface area (Å²) >= 11 is 13.6. The number of fused-ring (bicyclic) bond motifs is 1. The fourth-order valence-electron chi connectivity index (χ4n) is 2.41. The normalized spacial score (nSPS) is 10.9. The lowest BCUT2D eigenvalue weighted by atomic mass is 10.2. The molecule has 0 bridgehead atoms. The second-order valence-electron chi connectivity index (χ2n) is 5.17. The summed E-state index contributed by atoms with van der Waals surface area (Å²) in [5, 5.41) is 5.15. The SMILES string of the molecule is Clc1ccc(Nc2nc(Cl)nc3sc(-c4ccccc4)cc23)cc1. The van der Waals surface area contributed by atoms with Gasteiger partial charge >= 0.3 is 0 Å². The molecule has 2 heterocycles. The molecule has 0 unspecified atom stereocenters. The molecular weight excluding hydrogens is 361 g/mol. The van der Waals surface area contributed by atoms with Gasteiger partial charge in [-0.3, -0.25) is 0 Å². The van der Waals surface area contributed by atoms with E-state index in [4.69, 9.17) is 23.2 Å². The lowest BCUT2D eigenvalue weighted by Crippen LogP contribution is -1.95. The molecule has 0 fully saturated rings. The van der Waals surface area contributed by atoms with Gasteiger partial charge in [0.05, 0.1) is 5.39 Å². The molecule has 118 valence electrons. The van der Waals surface area contributed by atoms with Gasteiger partial charge in [-0.2, -0.15) is 4.98 Å². The van der Waals surface area contributed by atoms with E-state index in [2.05, 4.69) is 33.5 Å². The molecule has 0 radical (unpaired) electrons. The van der Waals surface area contributed by atoms with Crippen molar-refractivity contribution in [2.75, 3.05) is 5.32 Å². The zero-order valence-electron chi connectivity index (χ0n) is 12.3. The number of hydrogen-bond donors (Lipinski definition) is 1. The second kappa shape index (κ2) is 6.40. The average molecular weight is 372 g/mol. The standard InChI is InChI=1S/C18H11Cl2N3S/c19-12-6-8-13(9-7-12)21-16-14-10-15(11-4-2-1-3-5-11)24-17(14)23-18(20)22-16/h1-10H,(H,21,22,23). The van der Waals surface area contributed by atoms with Crippen molar-refractivity contribution >= 4 is 56.3 Å². The van der Waals surface area contributed by atoms with Gasteiger partial charge in [-0.15, -0.1) is 11.3 Å². The summed E-state index contributed by atoms with van der Waals surface area (Å²) in [7, 11) is 0.